The maximum Gasteiger partial charge on any atom is 0.417 e. The maximum absolute atomic E-state index is 13.4. The average Bonchev–Trinajstić information content (AvgIpc) is 2.74. The predicted molar refractivity (Wildman–Crippen MR) is 103 cm³/mol. The second-order valence-corrected chi connectivity index (χ2v) is 6.91. The van der Waals surface area contributed by atoms with E-state index in [0.29, 0.717) is 24.3 Å². The van der Waals surface area contributed by atoms with Crippen LogP contribution in [0, 0.1) is 22.7 Å². The Morgan fingerprint density at radius 3 is 2.66 bits per heavy atom. The minimum atomic E-state index is -4.58. The van der Waals surface area contributed by atoms with Crippen molar-refractivity contribution in [2.75, 3.05) is 29.4 Å². The Kier molecular flexibility index (Phi) is 5.93. The normalized spacial score (nSPS) is 16.8. The summed E-state index contributed by atoms with van der Waals surface area (Å²) in [5.41, 5.74) is 0.477. The molecule has 0 saturated carbocycles. The molecule has 1 saturated heterocycles. The smallest absolute Gasteiger partial charge is 0.368 e. The molecule has 8 heteroatoms. The molecule has 1 aliphatic rings. The van der Waals surface area contributed by atoms with Gasteiger partial charge in [0.15, 0.2) is 0 Å². The number of aromatic nitrogens is 1. The second kappa shape index (κ2) is 8.40. The van der Waals surface area contributed by atoms with Crippen molar-refractivity contribution in [2.24, 2.45) is 0 Å². The van der Waals surface area contributed by atoms with Crippen molar-refractivity contribution in [3.63, 3.8) is 0 Å². The molecule has 1 aliphatic heterocycles. The zero-order valence-electron chi connectivity index (χ0n) is 15.9. The third-order valence-electron chi connectivity index (χ3n) is 5.16. The van der Waals surface area contributed by atoms with E-state index < -0.39 is 11.7 Å². The molecule has 5 nitrogen and oxygen atoms in total. The molecule has 29 heavy (non-hydrogen) atoms. The van der Waals surface area contributed by atoms with Crippen LogP contribution >= 0.6 is 0 Å². The summed E-state index contributed by atoms with van der Waals surface area (Å²) in [5.74, 6) is 0. The van der Waals surface area contributed by atoms with Gasteiger partial charge in [0.2, 0.25) is 0 Å². The molecular weight excluding hydrogens is 379 g/mol. The average molecular weight is 399 g/mol. The summed E-state index contributed by atoms with van der Waals surface area (Å²) in [6, 6.07) is 9.37. The van der Waals surface area contributed by atoms with E-state index in [2.05, 4.69) is 16.0 Å². The Morgan fingerprint density at radius 2 is 2.00 bits per heavy atom. The van der Waals surface area contributed by atoms with Crippen LogP contribution in [0.4, 0.5) is 24.5 Å². The van der Waals surface area contributed by atoms with E-state index in [0.717, 1.165) is 31.1 Å². The number of piperidine rings is 1. The lowest BCUT2D eigenvalue weighted by Crippen LogP contribution is -2.48. The Bertz CT molecular complexity index is 958. The number of rotatable bonds is 4. The number of benzene rings is 1. The molecule has 2 aromatic rings. The van der Waals surface area contributed by atoms with Gasteiger partial charge >= 0.3 is 6.18 Å². The van der Waals surface area contributed by atoms with Gasteiger partial charge in [-0.3, -0.25) is 4.98 Å². The molecule has 0 amide bonds. The fourth-order valence-electron chi connectivity index (χ4n) is 3.80. The SMILES string of the molecule is CCN(c1ccc(C#N)c(C(F)(F)F)c1)[C@H]1CCCN(c2cncc(C#N)c2)C1. The standard InChI is InChI=1S/C21H20F3N5/c1-2-29(17-6-5-16(11-26)20(9-17)21(22,23)24)18-4-3-7-28(14-18)19-8-15(10-25)12-27-13-19/h5-6,8-9,12-13,18H,2-4,7,14H2,1H3/t18-/m0/s1. The molecule has 1 aromatic heterocycles. The van der Waals surface area contributed by atoms with Crippen molar-refractivity contribution < 1.29 is 13.2 Å². The summed E-state index contributed by atoms with van der Waals surface area (Å²) in [7, 11) is 0. The number of hydrogen-bond acceptors (Lipinski definition) is 5. The van der Waals surface area contributed by atoms with Crippen LogP contribution in [0.15, 0.2) is 36.7 Å². The lowest BCUT2D eigenvalue weighted by atomic mass is 10.0. The number of alkyl halides is 3. The monoisotopic (exact) mass is 399 g/mol. The van der Waals surface area contributed by atoms with Crippen molar-refractivity contribution in [1.29, 1.82) is 10.5 Å². The zero-order chi connectivity index (χ0) is 21.0. The number of nitrogens with zero attached hydrogens (tertiary/aromatic N) is 5. The molecule has 1 fully saturated rings. The predicted octanol–water partition coefficient (Wildman–Crippen LogP) is 4.34. The molecule has 3 rings (SSSR count). The van der Waals surface area contributed by atoms with E-state index in [-0.39, 0.29) is 11.6 Å². The van der Waals surface area contributed by atoms with Crippen molar-refractivity contribution in [1.82, 2.24) is 4.98 Å². The van der Waals surface area contributed by atoms with Gasteiger partial charge < -0.3 is 9.80 Å². The van der Waals surface area contributed by atoms with E-state index in [9.17, 15) is 13.2 Å². The number of hydrogen-bond donors (Lipinski definition) is 0. The fourth-order valence-corrected chi connectivity index (χ4v) is 3.80. The highest BCUT2D eigenvalue weighted by Gasteiger charge is 2.35. The minimum Gasteiger partial charge on any atom is -0.368 e. The highest BCUT2D eigenvalue weighted by molar-refractivity contribution is 5.56. The fraction of sp³-hybridized carbons (Fsp3) is 0.381. The summed E-state index contributed by atoms with van der Waals surface area (Å²) in [6.45, 7) is 3.86. The topological polar surface area (TPSA) is 67.0 Å². The van der Waals surface area contributed by atoms with Gasteiger partial charge in [-0.25, -0.2) is 0 Å². The molecule has 2 heterocycles. The van der Waals surface area contributed by atoms with E-state index in [4.69, 9.17) is 10.5 Å². The van der Waals surface area contributed by atoms with Gasteiger partial charge in [-0.2, -0.15) is 23.7 Å². The van der Waals surface area contributed by atoms with Gasteiger partial charge in [-0.05, 0) is 44.0 Å². The molecule has 0 unspecified atom stereocenters. The van der Waals surface area contributed by atoms with Crippen LogP contribution in [0.25, 0.3) is 0 Å². The van der Waals surface area contributed by atoms with Gasteiger partial charge in [0.25, 0.3) is 0 Å². The number of pyridine rings is 1. The number of likely N-dealkylation sites (N-methyl/N-ethyl adjacent to an activating group) is 1. The molecule has 150 valence electrons. The van der Waals surface area contributed by atoms with Gasteiger partial charge in [0, 0.05) is 37.6 Å². The number of halogens is 3. The Morgan fingerprint density at radius 1 is 1.21 bits per heavy atom. The van der Waals surface area contributed by atoms with E-state index in [1.54, 1.807) is 24.4 Å². The first-order valence-electron chi connectivity index (χ1n) is 9.35. The highest BCUT2D eigenvalue weighted by atomic mass is 19.4. The molecule has 0 N–H and O–H groups in total. The lowest BCUT2D eigenvalue weighted by molar-refractivity contribution is -0.137. The third-order valence-corrected chi connectivity index (χ3v) is 5.16. The first-order chi connectivity index (χ1) is 13.9. The summed E-state index contributed by atoms with van der Waals surface area (Å²) in [4.78, 5) is 8.16. The molecule has 0 spiro atoms. The van der Waals surface area contributed by atoms with Gasteiger partial charge in [0.05, 0.1) is 34.6 Å². The van der Waals surface area contributed by atoms with Crippen molar-refractivity contribution in [2.45, 2.75) is 32.0 Å². The minimum absolute atomic E-state index is 0.00788. The Hall–Kier alpha value is -3.26. The van der Waals surface area contributed by atoms with Crippen molar-refractivity contribution >= 4 is 11.4 Å². The maximum atomic E-state index is 13.4. The molecule has 1 aromatic carbocycles. The first kappa shape index (κ1) is 20.5. The van der Waals surface area contributed by atoms with E-state index in [1.807, 2.05) is 11.8 Å². The molecule has 0 aliphatic carbocycles. The molecular formula is C21H20F3N5. The highest BCUT2D eigenvalue weighted by Crippen LogP contribution is 2.35. The van der Waals surface area contributed by atoms with E-state index in [1.165, 1.54) is 12.3 Å². The second-order valence-electron chi connectivity index (χ2n) is 6.91. The summed E-state index contributed by atoms with van der Waals surface area (Å²) < 4.78 is 40.1. The van der Waals surface area contributed by atoms with Gasteiger partial charge in [0.1, 0.15) is 6.07 Å². The molecule has 0 bridgehead atoms. The Labute approximate surface area is 167 Å². The number of nitriles is 2. The first-order valence-corrected chi connectivity index (χ1v) is 9.35. The molecule has 0 radical (unpaired) electrons. The van der Waals surface area contributed by atoms with Crippen LogP contribution in [-0.4, -0.2) is 30.7 Å². The largest absolute Gasteiger partial charge is 0.417 e. The lowest BCUT2D eigenvalue weighted by Gasteiger charge is -2.41. The van der Waals surface area contributed by atoms with E-state index >= 15 is 0 Å². The van der Waals surface area contributed by atoms with Crippen molar-refractivity contribution in [3.8, 4) is 12.1 Å². The van der Waals surface area contributed by atoms with Crippen LogP contribution < -0.4 is 9.80 Å². The quantitative estimate of drug-likeness (QED) is 0.765. The van der Waals surface area contributed by atoms with Crippen molar-refractivity contribution in [3.05, 3.63) is 53.3 Å². The van der Waals surface area contributed by atoms with Crippen LogP contribution in [-0.2, 0) is 6.18 Å². The van der Waals surface area contributed by atoms with Crippen LogP contribution in [0.2, 0.25) is 0 Å². The summed E-state index contributed by atoms with van der Waals surface area (Å²) in [5, 5.41) is 18.1. The van der Waals surface area contributed by atoms with Crippen LogP contribution in [0.3, 0.4) is 0 Å². The number of anilines is 2. The van der Waals surface area contributed by atoms with Gasteiger partial charge in [-0.1, -0.05) is 0 Å². The summed E-state index contributed by atoms with van der Waals surface area (Å²) >= 11 is 0. The van der Waals surface area contributed by atoms with Gasteiger partial charge in [-0.15, -0.1) is 0 Å². The molecule has 1 atom stereocenters. The summed E-state index contributed by atoms with van der Waals surface area (Å²) in [6.07, 6.45) is 0.335. The Balaban J connectivity index is 1.88. The third kappa shape index (κ3) is 4.43. The van der Waals surface area contributed by atoms with Crippen LogP contribution in [0.1, 0.15) is 36.5 Å². The van der Waals surface area contributed by atoms with Crippen LogP contribution in [0.5, 0.6) is 0 Å². The zero-order valence-corrected chi connectivity index (χ0v) is 15.9.